The molecule has 5 heteroatoms. The summed E-state index contributed by atoms with van der Waals surface area (Å²) in [7, 11) is 1.63. The van der Waals surface area contributed by atoms with Crippen molar-refractivity contribution in [1.82, 2.24) is 0 Å². The van der Waals surface area contributed by atoms with E-state index in [9.17, 15) is 4.79 Å². The summed E-state index contributed by atoms with van der Waals surface area (Å²) in [5, 5.41) is 2.87. The van der Waals surface area contributed by atoms with Crippen LogP contribution in [0, 0.1) is 0 Å². The lowest BCUT2D eigenvalue weighted by Gasteiger charge is -2.09. The first-order valence-electron chi connectivity index (χ1n) is 8.07. The van der Waals surface area contributed by atoms with E-state index in [0.717, 1.165) is 27.2 Å². The van der Waals surface area contributed by atoms with E-state index < -0.39 is 0 Å². The SMILES string of the molecule is COc1ccc(OCc2ccc(C(=O)Nc3ccc(Br)cc3)cc2)cc1. The van der Waals surface area contributed by atoms with Crippen molar-refractivity contribution in [2.45, 2.75) is 6.61 Å². The van der Waals surface area contributed by atoms with Crippen LogP contribution in [0.4, 0.5) is 5.69 Å². The average molecular weight is 412 g/mol. The highest BCUT2D eigenvalue weighted by atomic mass is 79.9. The minimum absolute atomic E-state index is 0.144. The highest BCUT2D eigenvalue weighted by molar-refractivity contribution is 9.10. The Labute approximate surface area is 160 Å². The Morgan fingerprint density at radius 2 is 1.50 bits per heavy atom. The topological polar surface area (TPSA) is 47.6 Å². The number of carbonyl (C=O) groups excluding carboxylic acids is 1. The molecule has 3 aromatic carbocycles. The van der Waals surface area contributed by atoms with Gasteiger partial charge in [-0.25, -0.2) is 0 Å². The second-order valence-electron chi connectivity index (χ2n) is 5.62. The molecule has 0 spiro atoms. The summed E-state index contributed by atoms with van der Waals surface area (Å²) in [5.74, 6) is 1.41. The molecule has 3 aromatic rings. The predicted molar refractivity (Wildman–Crippen MR) is 106 cm³/mol. The van der Waals surface area contributed by atoms with Crippen LogP contribution >= 0.6 is 15.9 Å². The minimum Gasteiger partial charge on any atom is -0.497 e. The first-order valence-corrected chi connectivity index (χ1v) is 8.86. The minimum atomic E-state index is -0.144. The number of amides is 1. The van der Waals surface area contributed by atoms with E-state index in [1.165, 1.54) is 0 Å². The van der Waals surface area contributed by atoms with Crippen LogP contribution in [0.1, 0.15) is 15.9 Å². The zero-order valence-corrected chi connectivity index (χ0v) is 15.8. The predicted octanol–water partition coefficient (Wildman–Crippen LogP) is 5.29. The second-order valence-corrected chi connectivity index (χ2v) is 6.54. The van der Waals surface area contributed by atoms with Gasteiger partial charge in [0.1, 0.15) is 18.1 Å². The standard InChI is InChI=1S/C21H18BrNO3/c1-25-19-10-12-20(13-11-19)26-14-15-2-4-16(5-3-15)21(24)23-18-8-6-17(22)7-9-18/h2-13H,14H2,1H3,(H,23,24). The third-order valence-electron chi connectivity index (χ3n) is 3.78. The van der Waals surface area contributed by atoms with Gasteiger partial charge in [0.05, 0.1) is 7.11 Å². The molecule has 1 amide bonds. The third-order valence-corrected chi connectivity index (χ3v) is 4.31. The Kier molecular flexibility index (Phi) is 5.92. The van der Waals surface area contributed by atoms with E-state index in [1.54, 1.807) is 19.2 Å². The van der Waals surface area contributed by atoms with Crippen LogP contribution in [-0.4, -0.2) is 13.0 Å². The molecule has 0 heterocycles. The van der Waals surface area contributed by atoms with Crippen LogP contribution in [0.25, 0.3) is 0 Å². The molecular weight excluding hydrogens is 394 g/mol. The number of hydrogen-bond acceptors (Lipinski definition) is 3. The fraction of sp³-hybridized carbons (Fsp3) is 0.0952. The first kappa shape index (κ1) is 18.0. The fourth-order valence-electron chi connectivity index (χ4n) is 2.33. The number of nitrogens with one attached hydrogen (secondary N) is 1. The smallest absolute Gasteiger partial charge is 0.255 e. The molecule has 3 rings (SSSR count). The van der Waals surface area contributed by atoms with Gasteiger partial charge in [-0.15, -0.1) is 0 Å². The number of halogens is 1. The number of anilines is 1. The molecule has 0 aliphatic heterocycles. The van der Waals surface area contributed by atoms with Crippen molar-refractivity contribution >= 4 is 27.5 Å². The quantitative estimate of drug-likeness (QED) is 0.599. The van der Waals surface area contributed by atoms with Crippen LogP contribution in [0.3, 0.4) is 0 Å². The highest BCUT2D eigenvalue weighted by Gasteiger charge is 2.06. The Balaban J connectivity index is 1.56. The summed E-state index contributed by atoms with van der Waals surface area (Å²) >= 11 is 3.37. The summed E-state index contributed by atoms with van der Waals surface area (Å²) < 4.78 is 11.8. The number of ether oxygens (including phenoxy) is 2. The molecule has 0 bridgehead atoms. The lowest BCUT2D eigenvalue weighted by atomic mass is 10.1. The van der Waals surface area contributed by atoms with Gasteiger partial charge in [0.25, 0.3) is 5.91 Å². The van der Waals surface area contributed by atoms with Gasteiger partial charge in [0.15, 0.2) is 0 Å². The Bertz CT molecular complexity index is 859. The summed E-state index contributed by atoms with van der Waals surface area (Å²) in [4.78, 5) is 12.3. The normalized spacial score (nSPS) is 10.2. The van der Waals surface area contributed by atoms with Gasteiger partial charge >= 0.3 is 0 Å². The van der Waals surface area contributed by atoms with E-state index >= 15 is 0 Å². The molecule has 0 radical (unpaired) electrons. The van der Waals surface area contributed by atoms with Gasteiger partial charge in [-0.05, 0) is 66.2 Å². The van der Waals surface area contributed by atoms with Crippen molar-refractivity contribution in [2.24, 2.45) is 0 Å². The molecule has 0 saturated heterocycles. The lowest BCUT2D eigenvalue weighted by molar-refractivity contribution is 0.102. The van der Waals surface area contributed by atoms with E-state index in [2.05, 4.69) is 21.2 Å². The number of benzene rings is 3. The molecule has 26 heavy (non-hydrogen) atoms. The van der Waals surface area contributed by atoms with Crippen LogP contribution in [-0.2, 0) is 6.61 Å². The van der Waals surface area contributed by atoms with E-state index in [4.69, 9.17) is 9.47 Å². The molecule has 0 fully saturated rings. The molecule has 0 aliphatic carbocycles. The molecular formula is C21H18BrNO3. The maximum atomic E-state index is 12.3. The maximum absolute atomic E-state index is 12.3. The molecule has 0 unspecified atom stereocenters. The van der Waals surface area contributed by atoms with Crippen molar-refractivity contribution in [3.63, 3.8) is 0 Å². The highest BCUT2D eigenvalue weighted by Crippen LogP contribution is 2.19. The number of carbonyl (C=O) groups is 1. The molecule has 0 atom stereocenters. The summed E-state index contributed by atoms with van der Waals surface area (Å²) in [6.45, 7) is 0.431. The van der Waals surface area contributed by atoms with Gasteiger partial charge < -0.3 is 14.8 Å². The van der Waals surface area contributed by atoms with Gasteiger partial charge in [0, 0.05) is 15.7 Å². The molecule has 0 aromatic heterocycles. The van der Waals surface area contributed by atoms with Crippen molar-refractivity contribution in [3.05, 3.63) is 88.4 Å². The van der Waals surface area contributed by atoms with Crippen molar-refractivity contribution in [3.8, 4) is 11.5 Å². The van der Waals surface area contributed by atoms with Crippen LogP contribution < -0.4 is 14.8 Å². The monoisotopic (exact) mass is 411 g/mol. The molecule has 0 aliphatic rings. The largest absolute Gasteiger partial charge is 0.497 e. The molecule has 1 N–H and O–H groups in total. The summed E-state index contributed by atoms with van der Waals surface area (Å²) in [6.07, 6.45) is 0. The van der Waals surface area contributed by atoms with Crippen LogP contribution in [0.5, 0.6) is 11.5 Å². The Morgan fingerprint density at radius 1 is 0.885 bits per heavy atom. The van der Waals surface area contributed by atoms with Gasteiger partial charge in [-0.3, -0.25) is 4.79 Å². The van der Waals surface area contributed by atoms with E-state index in [0.29, 0.717) is 12.2 Å². The zero-order valence-electron chi connectivity index (χ0n) is 14.2. The lowest BCUT2D eigenvalue weighted by Crippen LogP contribution is -2.11. The number of rotatable bonds is 6. The Morgan fingerprint density at radius 3 is 2.12 bits per heavy atom. The van der Waals surface area contributed by atoms with Crippen molar-refractivity contribution in [1.29, 1.82) is 0 Å². The van der Waals surface area contributed by atoms with Crippen LogP contribution in [0.2, 0.25) is 0 Å². The maximum Gasteiger partial charge on any atom is 0.255 e. The average Bonchev–Trinajstić information content (AvgIpc) is 2.69. The number of methoxy groups -OCH3 is 1. The fourth-order valence-corrected chi connectivity index (χ4v) is 2.59. The second kappa shape index (κ2) is 8.54. The number of hydrogen-bond donors (Lipinski definition) is 1. The van der Waals surface area contributed by atoms with Crippen LogP contribution in [0.15, 0.2) is 77.3 Å². The van der Waals surface area contributed by atoms with Crippen molar-refractivity contribution in [2.75, 3.05) is 12.4 Å². The first-order chi connectivity index (χ1) is 12.6. The van der Waals surface area contributed by atoms with E-state index in [-0.39, 0.29) is 5.91 Å². The molecule has 4 nitrogen and oxygen atoms in total. The van der Waals surface area contributed by atoms with Gasteiger partial charge in [-0.1, -0.05) is 28.1 Å². The summed E-state index contributed by atoms with van der Waals surface area (Å²) in [6, 6.07) is 22.2. The molecule has 0 saturated carbocycles. The third kappa shape index (κ3) is 4.86. The summed E-state index contributed by atoms with van der Waals surface area (Å²) in [5.41, 5.74) is 2.34. The Hall–Kier alpha value is -2.79. The van der Waals surface area contributed by atoms with Gasteiger partial charge in [0.2, 0.25) is 0 Å². The van der Waals surface area contributed by atoms with Gasteiger partial charge in [-0.2, -0.15) is 0 Å². The molecule has 132 valence electrons. The van der Waals surface area contributed by atoms with Crippen molar-refractivity contribution < 1.29 is 14.3 Å². The zero-order chi connectivity index (χ0) is 18.4. The van der Waals surface area contributed by atoms with E-state index in [1.807, 2.05) is 60.7 Å².